The summed E-state index contributed by atoms with van der Waals surface area (Å²) in [6, 6.07) is 19.5. The van der Waals surface area contributed by atoms with Crippen LogP contribution in [0.25, 0.3) is 11.3 Å². The number of aromatic hydroxyl groups is 1. The van der Waals surface area contributed by atoms with Crippen molar-refractivity contribution in [3.63, 3.8) is 0 Å². The Bertz CT molecular complexity index is 1580. The third kappa shape index (κ3) is 5.30. The first kappa shape index (κ1) is 27.3. The third-order valence-electron chi connectivity index (χ3n) is 6.97. The number of H-pyrrole nitrogens is 1. The van der Waals surface area contributed by atoms with E-state index >= 15 is 0 Å². The average molecular weight is 562 g/mol. The molecule has 0 bridgehead atoms. The second-order valence-corrected chi connectivity index (χ2v) is 13.4. The fraction of sp³-hybridized carbons (Fsp3) is 0.323. The fourth-order valence-corrected chi connectivity index (χ4v) is 6.04. The van der Waals surface area contributed by atoms with Gasteiger partial charge in [-0.1, -0.05) is 95.2 Å². The Morgan fingerprint density at radius 1 is 0.974 bits per heavy atom. The lowest BCUT2D eigenvalue weighted by atomic mass is 9.78. The molecule has 4 aromatic rings. The maximum atomic E-state index is 13.6. The molecule has 5 rings (SSSR count). The van der Waals surface area contributed by atoms with Gasteiger partial charge < -0.3 is 10.4 Å². The van der Waals surface area contributed by atoms with Gasteiger partial charge in [0.15, 0.2) is 0 Å². The van der Waals surface area contributed by atoms with E-state index in [9.17, 15) is 9.90 Å². The molecule has 1 aliphatic rings. The highest BCUT2D eigenvalue weighted by Gasteiger charge is 2.39. The second kappa shape index (κ2) is 10.0. The number of fused-ring (bicyclic) bond motifs is 3. The Balaban J connectivity index is 1.68. The van der Waals surface area contributed by atoms with Gasteiger partial charge in [0.05, 0.1) is 11.3 Å². The predicted octanol–water partition coefficient (Wildman–Crippen LogP) is 6.94. The molecule has 39 heavy (non-hydrogen) atoms. The van der Waals surface area contributed by atoms with Crippen molar-refractivity contribution >= 4 is 29.1 Å². The first-order chi connectivity index (χ1) is 18.3. The van der Waals surface area contributed by atoms with Crippen LogP contribution < -0.4 is 15.6 Å². The first-order valence-electron chi connectivity index (χ1n) is 13.0. The van der Waals surface area contributed by atoms with Crippen molar-refractivity contribution in [1.29, 1.82) is 0 Å². The molecule has 0 radical (unpaired) electrons. The lowest BCUT2D eigenvalue weighted by Crippen LogP contribution is -2.55. The van der Waals surface area contributed by atoms with Gasteiger partial charge in [-0.05, 0) is 51.4 Å². The summed E-state index contributed by atoms with van der Waals surface area (Å²) < 4.78 is 1.78. The van der Waals surface area contributed by atoms with E-state index in [4.69, 9.17) is 16.7 Å². The smallest absolute Gasteiger partial charge is 0.325 e. The summed E-state index contributed by atoms with van der Waals surface area (Å²) in [5.74, 6) is 0.883. The van der Waals surface area contributed by atoms with Crippen molar-refractivity contribution in [1.82, 2.24) is 10.1 Å². The number of nitrogens with zero attached hydrogens (tertiary/aromatic N) is 2. The molecule has 0 unspecified atom stereocenters. The Morgan fingerprint density at radius 2 is 1.59 bits per heavy atom. The number of phenols is 1. The van der Waals surface area contributed by atoms with Crippen molar-refractivity contribution in [2.75, 3.05) is 5.32 Å². The summed E-state index contributed by atoms with van der Waals surface area (Å²) in [6.45, 7) is 12.6. The van der Waals surface area contributed by atoms with E-state index in [-0.39, 0.29) is 16.4 Å². The number of rotatable bonds is 4. The van der Waals surface area contributed by atoms with Crippen LogP contribution in [0.5, 0.6) is 5.75 Å². The second-order valence-electron chi connectivity index (χ2n) is 12.0. The zero-order valence-electron chi connectivity index (χ0n) is 23.1. The molecule has 3 aromatic carbocycles. The highest BCUT2D eigenvalue weighted by molar-refractivity contribution is 7.98. The molecule has 2 heterocycles. The Hall–Kier alpha value is -3.29. The molecule has 0 saturated heterocycles. The summed E-state index contributed by atoms with van der Waals surface area (Å²) in [4.78, 5) is 16.6. The van der Waals surface area contributed by atoms with Gasteiger partial charge in [-0.2, -0.15) is 0 Å². The molecular weight excluding hydrogens is 528 g/mol. The number of benzene rings is 3. The average Bonchev–Trinajstić information content (AvgIpc) is 2.86. The highest BCUT2D eigenvalue weighted by atomic mass is 35.5. The molecule has 3 N–H and O–H groups in total. The van der Waals surface area contributed by atoms with Crippen LogP contribution in [-0.4, -0.2) is 15.2 Å². The first-order valence-corrected chi connectivity index (χ1v) is 14.4. The van der Waals surface area contributed by atoms with E-state index in [0.29, 0.717) is 27.4 Å². The minimum absolute atomic E-state index is 0.212. The van der Waals surface area contributed by atoms with Crippen molar-refractivity contribution in [3.8, 4) is 17.0 Å². The molecule has 1 atom stereocenters. The van der Waals surface area contributed by atoms with Crippen LogP contribution in [0.3, 0.4) is 0 Å². The van der Waals surface area contributed by atoms with Crippen LogP contribution in [0.2, 0.25) is 5.02 Å². The largest absolute Gasteiger partial charge is 0.507 e. The quantitative estimate of drug-likeness (QED) is 0.186. The SMILES string of the molecule is CC(C)(C)c1cc([C@@H]2Nc3ccccc3-c3c(=O)[nH]c(SCc4ccccc4Cl)n[n+]32)cc(C(C)(C)C)c1O. The molecule has 8 heteroatoms. The lowest BCUT2D eigenvalue weighted by Gasteiger charge is -2.30. The molecule has 0 saturated carbocycles. The zero-order valence-corrected chi connectivity index (χ0v) is 24.7. The summed E-state index contributed by atoms with van der Waals surface area (Å²) in [5, 5.41) is 21.1. The maximum absolute atomic E-state index is 13.6. The van der Waals surface area contributed by atoms with Crippen molar-refractivity contribution in [3.05, 3.63) is 98.3 Å². The molecule has 1 aliphatic heterocycles. The number of nitrogens with one attached hydrogen (secondary N) is 2. The molecule has 0 fully saturated rings. The Kier molecular flexibility index (Phi) is 7.02. The number of anilines is 1. The van der Waals surface area contributed by atoms with E-state index in [2.05, 4.69) is 51.8 Å². The fourth-order valence-electron chi connectivity index (χ4n) is 4.90. The third-order valence-corrected chi connectivity index (χ3v) is 8.25. The zero-order chi connectivity index (χ0) is 28.1. The summed E-state index contributed by atoms with van der Waals surface area (Å²) in [7, 11) is 0. The predicted molar refractivity (Wildman–Crippen MR) is 159 cm³/mol. The minimum atomic E-state index is -0.459. The van der Waals surface area contributed by atoms with Crippen LogP contribution in [0.15, 0.2) is 70.6 Å². The molecule has 6 nitrogen and oxygen atoms in total. The molecule has 0 aliphatic carbocycles. The number of halogens is 1. The van der Waals surface area contributed by atoms with Crippen LogP contribution in [0.4, 0.5) is 5.69 Å². The molecule has 0 amide bonds. The molecule has 0 spiro atoms. The number of phenolic OH excluding ortho intramolecular Hbond substituents is 1. The number of hydrogen-bond acceptors (Lipinski definition) is 5. The number of thioether (sulfide) groups is 1. The van der Waals surface area contributed by atoms with E-state index in [0.717, 1.165) is 33.5 Å². The Morgan fingerprint density at radius 3 is 2.23 bits per heavy atom. The van der Waals surface area contributed by atoms with Gasteiger partial charge in [-0.15, -0.1) is 0 Å². The molecule has 202 valence electrons. The van der Waals surface area contributed by atoms with Crippen molar-refractivity contribution in [2.45, 2.75) is 69.4 Å². The van der Waals surface area contributed by atoms with Gasteiger partial charge in [0.1, 0.15) is 5.75 Å². The van der Waals surface area contributed by atoms with E-state index in [1.54, 1.807) is 4.68 Å². The van der Waals surface area contributed by atoms with Crippen LogP contribution >= 0.6 is 23.4 Å². The van der Waals surface area contributed by atoms with Crippen molar-refractivity contribution < 1.29 is 9.79 Å². The highest BCUT2D eigenvalue weighted by Crippen LogP contribution is 2.42. The number of hydrogen-bond donors (Lipinski definition) is 3. The van der Waals surface area contributed by atoms with Gasteiger partial charge in [0.25, 0.3) is 6.17 Å². The molecular formula is C31H34ClN4O2S+. The van der Waals surface area contributed by atoms with E-state index < -0.39 is 6.17 Å². The molecule has 1 aromatic heterocycles. The standard InChI is InChI=1S/C31H33ClN4O2S/c1-30(2,3)21-15-19(16-22(26(21)37)31(4,5)6)27-33-24-14-10-8-12-20(24)25-28(38)34-29(35-36(25)27)39-17-18-11-7-9-13-23(18)32/h7-16,27H,17H2,1-6H3,(H2,34,35,37,38)/p+1/t27-/m1/s1. The summed E-state index contributed by atoms with van der Waals surface area (Å²) in [6.07, 6.45) is -0.459. The topological polar surface area (TPSA) is 81.9 Å². The maximum Gasteiger partial charge on any atom is 0.325 e. The van der Waals surface area contributed by atoms with Gasteiger partial charge in [0, 0.05) is 32.6 Å². The Labute approximate surface area is 238 Å². The van der Waals surface area contributed by atoms with E-state index in [1.807, 2.05) is 60.7 Å². The van der Waals surface area contributed by atoms with Crippen molar-refractivity contribution in [2.24, 2.45) is 0 Å². The minimum Gasteiger partial charge on any atom is -0.507 e. The lowest BCUT2D eigenvalue weighted by molar-refractivity contribution is -0.759. The van der Waals surface area contributed by atoms with Crippen LogP contribution in [-0.2, 0) is 16.6 Å². The van der Waals surface area contributed by atoms with Gasteiger partial charge >= 0.3 is 11.3 Å². The van der Waals surface area contributed by atoms with Gasteiger partial charge in [0.2, 0.25) is 5.16 Å². The normalized spacial score (nSPS) is 14.9. The monoisotopic (exact) mass is 561 g/mol. The number of aromatic amines is 1. The summed E-state index contributed by atoms with van der Waals surface area (Å²) >= 11 is 7.80. The van der Waals surface area contributed by atoms with Gasteiger partial charge in [-0.3, -0.25) is 9.78 Å². The van der Waals surface area contributed by atoms with Gasteiger partial charge in [-0.25, -0.2) is 0 Å². The van der Waals surface area contributed by atoms with Crippen LogP contribution in [0.1, 0.15) is 70.0 Å². The van der Waals surface area contributed by atoms with Crippen LogP contribution in [0, 0.1) is 0 Å². The van der Waals surface area contributed by atoms with E-state index in [1.165, 1.54) is 11.8 Å². The number of aromatic nitrogens is 3. The number of para-hydroxylation sites is 1. The summed E-state index contributed by atoms with van der Waals surface area (Å²) in [5.41, 5.74) is 4.92.